The molecule has 0 spiro atoms. The Morgan fingerprint density at radius 1 is 1.18 bits per heavy atom. The molecule has 0 saturated carbocycles. The van der Waals surface area contributed by atoms with Gasteiger partial charge in [-0.15, -0.1) is 11.3 Å². The largest absolute Gasteiger partial charge is 0.326 e. The molecule has 1 heterocycles. The molecule has 0 fully saturated rings. The zero-order valence-electron chi connectivity index (χ0n) is 12.8. The van der Waals surface area contributed by atoms with E-state index >= 15 is 0 Å². The second-order valence-electron chi connectivity index (χ2n) is 5.11. The number of unbranched alkanes of at least 4 members (excludes halogenated alkanes) is 1. The zero-order valence-corrected chi connectivity index (χ0v) is 13.6. The summed E-state index contributed by atoms with van der Waals surface area (Å²) in [6.07, 6.45) is 2.38. The lowest BCUT2D eigenvalue weighted by molar-refractivity contribution is -0.116. The number of nitrogens with one attached hydrogen (secondary N) is 2. The summed E-state index contributed by atoms with van der Waals surface area (Å²) >= 11 is 1.40. The second-order valence-corrected chi connectivity index (χ2v) is 6.06. The van der Waals surface area contributed by atoms with Crippen LogP contribution in [0.5, 0.6) is 0 Å². The Morgan fingerprint density at radius 3 is 2.68 bits per heavy atom. The number of hydrogen-bond acceptors (Lipinski definition) is 3. The highest BCUT2D eigenvalue weighted by molar-refractivity contribution is 7.12. The second kappa shape index (κ2) is 7.75. The molecular formula is C17H20N2O2S. The number of anilines is 2. The SMILES string of the molecule is CCCCC(=O)Nc1cc(NC(=O)c2cccs2)ccc1C. The summed E-state index contributed by atoms with van der Waals surface area (Å²) in [7, 11) is 0. The average Bonchev–Trinajstić information content (AvgIpc) is 3.03. The summed E-state index contributed by atoms with van der Waals surface area (Å²) in [4.78, 5) is 24.6. The molecule has 1 aromatic carbocycles. The first kappa shape index (κ1) is 16.2. The van der Waals surface area contributed by atoms with E-state index in [0.717, 1.165) is 24.1 Å². The minimum atomic E-state index is -0.137. The molecule has 2 aromatic rings. The van der Waals surface area contributed by atoms with Gasteiger partial charge >= 0.3 is 0 Å². The molecule has 0 saturated heterocycles. The van der Waals surface area contributed by atoms with Gasteiger partial charge in [-0.1, -0.05) is 25.5 Å². The summed E-state index contributed by atoms with van der Waals surface area (Å²) in [5.41, 5.74) is 2.39. The van der Waals surface area contributed by atoms with Crippen molar-refractivity contribution in [1.29, 1.82) is 0 Å². The normalized spacial score (nSPS) is 10.3. The van der Waals surface area contributed by atoms with Crippen LogP contribution in [0.4, 0.5) is 11.4 Å². The Bertz CT molecular complexity index is 651. The topological polar surface area (TPSA) is 58.2 Å². The predicted octanol–water partition coefficient (Wildman–Crippen LogP) is 4.44. The van der Waals surface area contributed by atoms with Gasteiger partial charge in [0, 0.05) is 17.8 Å². The number of benzene rings is 1. The molecule has 0 bridgehead atoms. The predicted molar refractivity (Wildman–Crippen MR) is 91.6 cm³/mol. The molecule has 0 aliphatic carbocycles. The van der Waals surface area contributed by atoms with Crippen molar-refractivity contribution in [2.45, 2.75) is 33.1 Å². The molecule has 0 atom stereocenters. The first-order chi connectivity index (χ1) is 10.6. The summed E-state index contributed by atoms with van der Waals surface area (Å²) in [5.74, 6) is -0.131. The number of amides is 2. The van der Waals surface area contributed by atoms with Crippen LogP contribution in [0.2, 0.25) is 0 Å². The lowest BCUT2D eigenvalue weighted by Crippen LogP contribution is -2.13. The van der Waals surface area contributed by atoms with Crippen molar-refractivity contribution in [2.75, 3.05) is 10.6 Å². The number of carbonyl (C=O) groups is 2. The van der Waals surface area contributed by atoms with Crippen LogP contribution >= 0.6 is 11.3 Å². The molecule has 2 amide bonds. The first-order valence-electron chi connectivity index (χ1n) is 7.35. The van der Waals surface area contributed by atoms with Crippen LogP contribution in [-0.4, -0.2) is 11.8 Å². The highest BCUT2D eigenvalue weighted by Gasteiger charge is 2.09. The highest BCUT2D eigenvalue weighted by Crippen LogP contribution is 2.22. The van der Waals surface area contributed by atoms with Gasteiger partial charge < -0.3 is 10.6 Å². The number of aryl methyl sites for hydroxylation is 1. The minimum Gasteiger partial charge on any atom is -0.326 e. The number of thiophene rings is 1. The number of hydrogen-bond donors (Lipinski definition) is 2. The summed E-state index contributed by atoms with van der Waals surface area (Å²) < 4.78 is 0. The molecule has 0 aliphatic heterocycles. The number of carbonyl (C=O) groups excluding carboxylic acids is 2. The van der Waals surface area contributed by atoms with Crippen molar-refractivity contribution >= 4 is 34.5 Å². The molecule has 1 aromatic heterocycles. The van der Waals surface area contributed by atoms with E-state index < -0.39 is 0 Å². The van der Waals surface area contributed by atoms with Gasteiger partial charge in [-0.05, 0) is 42.5 Å². The van der Waals surface area contributed by atoms with Gasteiger partial charge in [0.2, 0.25) is 5.91 Å². The molecule has 116 valence electrons. The van der Waals surface area contributed by atoms with Crippen LogP contribution in [0.1, 0.15) is 41.4 Å². The third kappa shape index (κ3) is 4.43. The third-order valence-electron chi connectivity index (χ3n) is 3.27. The van der Waals surface area contributed by atoms with Crippen molar-refractivity contribution in [3.63, 3.8) is 0 Å². The van der Waals surface area contributed by atoms with Crippen LogP contribution in [0.15, 0.2) is 35.7 Å². The Morgan fingerprint density at radius 2 is 2.00 bits per heavy atom. The van der Waals surface area contributed by atoms with E-state index in [2.05, 4.69) is 17.6 Å². The molecule has 2 rings (SSSR count). The Balaban J connectivity index is 2.06. The minimum absolute atomic E-state index is 0.00619. The number of rotatable bonds is 6. The van der Waals surface area contributed by atoms with Gasteiger partial charge in [0.25, 0.3) is 5.91 Å². The maximum atomic E-state index is 12.0. The molecule has 22 heavy (non-hydrogen) atoms. The summed E-state index contributed by atoms with van der Waals surface area (Å²) in [5, 5.41) is 7.62. The fraction of sp³-hybridized carbons (Fsp3) is 0.294. The monoisotopic (exact) mass is 316 g/mol. The molecule has 0 radical (unpaired) electrons. The van der Waals surface area contributed by atoms with Gasteiger partial charge in [0.05, 0.1) is 4.88 Å². The van der Waals surface area contributed by atoms with Crippen molar-refractivity contribution < 1.29 is 9.59 Å². The maximum absolute atomic E-state index is 12.0. The summed E-state index contributed by atoms with van der Waals surface area (Å²) in [6, 6.07) is 9.14. The van der Waals surface area contributed by atoms with E-state index in [1.807, 2.05) is 30.5 Å². The van der Waals surface area contributed by atoms with Gasteiger partial charge in [0.15, 0.2) is 0 Å². The standard InChI is InChI=1S/C17H20N2O2S/c1-3-4-7-16(20)19-14-11-13(9-8-12(14)2)18-17(21)15-6-5-10-22-15/h5-6,8-11H,3-4,7H2,1-2H3,(H,18,21)(H,19,20). The smallest absolute Gasteiger partial charge is 0.265 e. The van der Waals surface area contributed by atoms with Crippen molar-refractivity contribution in [3.05, 3.63) is 46.2 Å². The molecule has 5 heteroatoms. The fourth-order valence-electron chi connectivity index (χ4n) is 1.98. The van der Waals surface area contributed by atoms with Crippen molar-refractivity contribution in [1.82, 2.24) is 0 Å². The van der Waals surface area contributed by atoms with E-state index in [4.69, 9.17) is 0 Å². The molecule has 0 aliphatic rings. The molecule has 0 unspecified atom stereocenters. The molecular weight excluding hydrogens is 296 g/mol. The summed E-state index contributed by atoms with van der Waals surface area (Å²) in [6.45, 7) is 3.99. The average molecular weight is 316 g/mol. The van der Waals surface area contributed by atoms with Gasteiger partial charge in [-0.3, -0.25) is 9.59 Å². The van der Waals surface area contributed by atoms with Crippen LogP contribution in [0.3, 0.4) is 0 Å². The maximum Gasteiger partial charge on any atom is 0.265 e. The Kier molecular flexibility index (Phi) is 5.72. The third-order valence-corrected chi connectivity index (χ3v) is 4.14. The van der Waals surface area contributed by atoms with E-state index in [9.17, 15) is 9.59 Å². The van der Waals surface area contributed by atoms with E-state index in [1.54, 1.807) is 12.1 Å². The van der Waals surface area contributed by atoms with Crippen LogP contribution < -0.4 is 10.6 Å². The van der Waals surface area contributed by atoms with E-state index in [-0.39, 0.29) is 11.8 Å². The lowest BCUT2D eigenvalue weighted by Gasteiger charge is -2.11. The first-order valence-corrected chi connectivity index (χ1v) is 8.23. The van der Waals surface area contributed by atoms with Crippen molar-refractivity contribution in [2.24, 2.45) is 0 Å². The van der Waals surface area contributed by atoms with Gasteiger partial charge in [-0.2, -0.15) is 0 Å². The zero-order chi connectivity index (χ0) is 15.9. The van der Waals surface area contributed by atoms with E-state index in [1.165, 1.54) is 11.3 Å². The fourth-order valence-corrected chi connectivity index (χ4v) is 2.60. The van der Waals surface area contributed by atoms with Gasteiger partial charge in [-0.25, -0.2) is 0 Å². The van der Waals surface area contributed by atoms with E-state index in [0.29, 0.717) is 17.0 Å². The molecule has 4 nitrogen and oxygen atoms in total. The quantitative estimate of drug-likeness (QED) is 0.828. The lowest BCUT2D eigenvalue weighted by atomic mass is 10.1. The van der Waals surface area contributed by atoms with Gasteiger partial charge in [0.1, 0.15) is 0 Å². The Hall–Kier alpha value is -2.14. The molecule has 2 N–H and O–H groups in total. The Labute approximate surface area is 134 Å². The van der Waals surface area contributed by atoms with Crippen molar-refractivity contribution in [3.8, 4) is 0 Å². The van der Waals surface area contributed by atoms with Crippen LogP contribution in [-0.2, 0) is 4.79 Å². The van der Waals surface area contributed by atoms with Crippen LogP contribution in [0, 0.1) is 6.92 Å². The highest BCUT2D eigenvalue weighted by atomic mass is 32.1. The van der Waals surface area contributed by atoms with Crippen LogP contribution in [0.25, 0.3) is 0 Å².